The van der Waals surface area contributed by atoms with Crippen molar-refractivity contribution in [2.24, 2.45) is 5.73 Å². The maximum Gasteiger partial charge on any atom is 0.283 e. The van der Waals surface area contributed by atoms with E-state index in [1.54, 1.807) is 6.20 Å². The predicted octanol–water partition coefficient (Wildman–Crippen LogP) is 0.927. The average Bonchev–Trinajstić information content (AvgIpc) is 2.44. The van der Waals surface area contributed by atoms with Crippen molar-refractivity contribution in [2.75, 3.05) is 18.5 Å². The minimum absolute atomic E-state index is 0.122. The van der Waals surface area contributed by atoms with Gasteiger partial charge < -0.3 is 16.2 Å². The van der Waals surface area contributed by atoms with Gasteiger partial charge in [-0.25, -0.2) is 4.68 Å². The lowest BCUT2D eigenvalue weighted by atomic mass is 9.93. The number of nitrogens with two attached hydrogens (primary N) is 1. The highest BCUT2D eigenvalue weighted by molar-refractivity contribution is 9.10. The van der Waals surface area contributed by atoms with Gasteiger partial charge in [0.2, 0.25) is 0 Å². The second kappa shape index (κ2) is 7.02. The van der Waals surface area contributed by atoms with Crippen molar-refractivity contribution in [3.05, 3.63) is 21.0 Å². The third-order valence-corrected chi connectivity index (χ3v) is 4.21. The molecule has 7 heteroatoms. The lowest BCUT2D eigenvalue weighted by Crippen LogP contribution is -2.45. The Hall–Kier alpha value is -0.920. The van der Waals surface area contributed by atoms with E-state index in [4.69, 9.17) is 10.8 Å². The Morgan fingerprint density at radius 3 is 2.63 bits per heavy atom. The second-order valence-corrected chi connectivity index (χ2v) is 5.23. The van der Waals surface area contributed by atoms with E-state index in [0.717, 1.165) is 12.8 Å². The molecule has 6 nitrogen and oxygen atoms in total. The topological polar surface area (TPSA) is 93.2 Å². The summed E-state index contributed by atoms with van der Waals surface area (Å²) in [6.45, 7) is 4.64. The summed E-state index contributed by atoms with van der Waals surface area (Å²) in [5.41, 5.74) is 5.96. The lowest BCUT2D eigenvalue weighted by Gasteiger charge is -2.32. The van der Waals surface area contributed by atoms with Crippen LogP contribution in [0.15, 0.2) is 15.5 Å². The van der Waals surface area contributed by atoms with E-state index in [9.17, 15) is 4.79 Å². The first-order valence-electron chi connectivity index (χ1n) is 6.38. The normalized spacial score (nSPS) is 11.6. The number of halogens is 1. The summed E-state index contributed by atoms with van der Waals surface area (Å²) in [5.74, 6) is 0. The molecular weight excluding hydrogens is 312 g/mol. The van der Waals surface area contributed by atoms with Crippen LogP contribution in [0.1, 0.15) is 26.7 Å². The standard InChI is InChI=1S/C12H21BrN4O2/c1-3-12(4-2,8-14)16-9-7-15-17(5-6-18)11(19)10(9)13/h7,16,18H,3-6,8,14H2,1-2H3. The van der Waals surface area contributed by atoms with Crippen molar-refractivity contribution in [1.82, 2.24) is 9.78 Å². The Morgan fingerprint density at radius 2 is 2.16 bits per heavy atom. The maximum atomic E-state index is 12.0. The zero-order valence-corrected chi connectivity index (χ0v) is 12.9. The number of nitrogens with one attached hydrogen (secondary N) is 1. The van der Waals surface area contributed by atoms with Crippen LogP contribution in [0.3, 0.4) is 0 Å². The summed E-state index contributed by atoms with van der Waals surface area (Å²) in [6.07, 6.45) is 3.29. The van der Waals surface area contributed by atoms with Gasteiger partial charge in [-0.1, -0.05) is 13.8 Å². The molecule has 1 rings (SSSR count). The van der Waals surface area contributed by atoms with E-state index in [2.05, 4.69) is 40.2 Å². The van der Waals surface area contributed by atoms with E-state index < -0.39 is 0 Å². The van der Waals surface area contributed by atoms with Gasteiger partial charge in [0.1, 0.15) is 4.47 Å². The number of nitrogens with zero attached hydrogens (tertiary/aromatic N) is 2. The Bertz CT molecular complexity index is 463. The van der Waals surface area contributed by atoms with Crippen LogP contribution in [-0.2, 0) is 6.54 Å². The quantitative estimate of drug-likeness (QED) is 0.690. The van der Waals surface area contributed by atoms with Crippen LogP contribution in [0, 0.1) is 0 Å². The molecule has 0 unspecified atom stereocenters. The Balaban J connectivity index is 3.09. The summed E-state index contributed by atoms with van der Waals surface area (Å²) in [6, 6.07) is 0. The van der Waals surface area contributed by atoms with Crippen molar-refractivity contribution >= 4 is 21.6 Å². The molecule has 0 aromatic carbocycles. The van der Waals surface area contributed by atoms with Crippen LogP contribution in [0.2, 0.25) is 0 Å². The van der Waals surface area contributed by atoms with E-state index in [0.29, 0.717) is 16.7 Å². The van der Waals surface area contributed by atoms with Crippen LogP contribution in [0.25, 0.3) is 0 Å². The van der Waals surface area contributed by atoms with Gasteiger partial charge in [-0.3, -0.25) is 4.79 Å². The highest BCUT2D eigenvalue weighted by atomic mass is 79.9. The number of hydrogen-bond donors (Lipinski definition) is 3. The Morgan fingerprint density at radius 1 is 1.53 bits per heavy atom. The molecule has 1 aromatic heterocycles. The van der Waals surface area contributed by atoms with Crippen LogP contribution >= 0.6 is 15.9 Å². The molecule has 0 atom stereocenters. The molecule has 0 bridgehead atoms. The summed E-state index contributed by atoms with van der Waals surface area (Å²) < 4.78 is 1.63. The highest BCUT2D eigenvalue weighted by Gasteiger charge is 2.25. The van der Waals surface area contributed by atoms with Crippen molar-refractivity contribution < 1.29 is 5.11 Å². The molecule has 0 radical (unpaired) electrons. The molecule has 4 N–H and O–H groups in total. The highest BCUT2D eigenvalue weighted by Crippen LogP contribution is 2.24. The zero-order chi connectivity index (χ0) is 14.5. The van der Waals surface area contributed by atoms with Gasteiger partial charge in [-0.05, 0) is 28.8 Å². The zero-order valence-electron chi connectivity index (χ0n) is 11.3. The number of anilines is 1. The molecule has 0 spiro atoms. The smallest absolute Gasteiger partial charge is 0.283 e. The van der Waals surface area contributed by atoms with Gasteiger partial charge in [-0.15, -0.1) is 0 Å². The molecule has 0 aliphatic heterocycles. The third-order valence-electron chi connectivity index (χ3n) is 3.44. The maximum absolute atomic E-state index is 12.0. The first-order valence-corrected chi connectivity index (χ1v) is 7.17. The number of aliphatic hydroxyl groups excluding tert-OH is 1. The van der Waals surface area contributed by atoms with Gasteiger partial charge in [0.05, 0.1) is 25.0 Å². The second-order valence-electron chi connectivity index (χ2n) is 4.44. The molecule has 0 saturated carbocycles. The van der Waals surface area contributed by atoms with Gasteiger partial charge >= 0.3 is 0 Å². The summed E-state index contributed by atoms with van der Waals surface area (Å²) in [5, 5.41) is 16.2. The first-order chi connectivity index (χ1) is 9.03. The fraction of sp³-hybridized carbons (Fsp3) is 0.667. The van der Waals surface area contributed by atoms with Gasteiger partial charge in [0.25, 0.3) is 5.56 Å². The molecular formula is C12H21BrN4O2. The number of aromatic nitrogens is 2. The monoisotopic (exact) mass is 332 g/mol. The molecule has 0 aliphatic carbocycles. The van der Waals surface area contributed by atoms with Gasteiger partial charge in [0, 0.05) is 12.1 Å². The SMILES string of the molecule is CCC(CC)(CN)Nc1cnn(CCO)c(=O)c1Br. The molecule has 0 amide bonds. The number of aliphatic hydroxyl groups is 1. The predicted molar refractivity (Wildman–Crippen MR) is 79.3 cm³/mol. The van der Waals surface area contributed by atoms with E-state index in [-0.39, 0.29) is 24.2 Å². The van der Waals surface area contributed by atoms with Crippen LogP contribution in [0.4, 0.5) is 5.69 Å². The van der Waals surface area contributed by atoms with Crippen LogP contribution in [0.5, 0.6) is 0 Å². The largest absolute Gasteiger partial charge is 0.394 e. The van der Waals surface area contributed by atoms with Crippen LogP contribution in [-0.4, -0.2) is 33.6 Å². The third kappa shape index (κ3) is 3.55. The molecule has 108 valence electrons. The van der Waals surface area contributed by atoms with E-state index in [1.165, 1.54) is 4.68 Å². The minimum atomic E-state index is -0.267. The number of hydrogen-bond acceptors (Lipinski definition) is 5. The summed E-state index contributed by atoms with van der Waals surface area (Å²) in [7, 11) is 0. The van der Waals surface area contributed by atoms with E-state index in [1.807, 2.05) is 0 Å². The molecule has 1 heterocycles. The molecule has 1 aromatic rings. The molecule has 0 saturated heterocycles. The Kier molecular flexibility index (Phi) is 5.96. The fourth-order valence-corrected chi connectivity index (χ4v) is 2.26. The first kappa shape index (κ1) is 16.1. The molecule has 19 heavy (non-hydrogen) atoms. The fourth-order valence-electron chi connectivity index (χ4n) is 1.86. The minimum Gasteiger partial charge on any atom is -0.394 e. The van der Waals surface area contributed by atoms with E-state index >= 15 is 0 Å². The summed E-state index contributed by atoms with van der Waals surface area (Å²) >= 11 is 3.28. The van der Waals surface area contributed by atoms with Crippen molar-refractivity contribution in [1.29, 1.82) is 0 Å². The van der Waals surface area contributed by atoms with Gasteiger partial charge in [0.15, 0.2) is 0 Å². The average molecular weight is 333 g/mol. The van der Waals surface area contributed by atoms with Crippen molar-refractivity contribution in [2.45, 2.75) is 38.8 Å². The van der Waals surface area contributed by atoms with Gasteiger partial charge in [-0.2, -0.15) is 5.10 Å². The van der Waals surface area contributed by atoms with Crippen molar-refractivity contribution in [3.8, 4) is 0 Å². The lowest BCUT2D eigenvalue weighted by molar-refractivity contribution is 0.266. The van der Waals surface area contributed by atoms with Crippen LogP contribution < -0.4 is 16.6 Å². The molecule has 0 fully saturated rings. The molecule has 0 aliphatic rings. The Labute approximate surface area is 121 Å². The van der Waals surface area contributed by atoms with Crippen molar-refractivity contribution in [3.63, 3.8) is 0 Å². The summed E-state index contributed by atoms with van der Waals surface area (Å²) in [4.78, 5) is 12.0. The number of rotatable bonds is 7.